The molecule has 2 aliphatic heterocycles. The molecule has 0 radical (unpaired) electrons. The fraction of sp³-hybridized carbons (Fsp3) is 0.562. The largest absolute Gasteiger partial charge is 0.462 e. The third kappa shape index (κ3) is 3.85. The van der Waals surface area contributed by atoms with Gasteiger partial charge in [-0.25, -0.2) is 4.98 Å². The summed E-state index contributed by atoms with van der Waals surface area (Å²) in [5, 5.41) is 2.91. The molecule has 2 aromatic heterocycles. The standard InChI is InChI=1S/C16H22N4O4S2/c21-26(22,20-7-10-23-11-8-20)19-5-3-18(4-6-19)12-14-13-25-16(17-14)15-2-1-9-24-15/h1-2,9,13H,3-8,10-12H2. The number of furan rings is 1. The van der Waals surface area contributed by atoms with Gasteiger partial charge in [0.2, 0.25) is 0 Å². The minimum absolute atomic E-state index is 0.441. The molecule has 0 aromatic carbocycles. The van der Waals surface area contributed by atoms with E-state index in [1.165, 1.54) is 4.31 Å². The maximum absolute atomic E-state index is 12.7. The van der Waals surface area contributed by atoms with Crippen LogP contribution < -0.4 is 0 Å². The number of piperazine rings is 1. The minimum atomic E-state index is -3.37. The van der Waals surface area contributed by atoms with Gasteiger partial charge in [-0.1, -0.05) is 0 Å². The zero-order valence-electron chi connectivity index (χ0n) is 14.4. The highest BCUT2D eigenvalue weighted by Gasteiger charge is 2.33. The summed E-state index contributed by atoms with van der Waals surface area (Å²) < 4.78 is 39.1. The molecule has 4 heterocycles. The van der Waals surface area contributed by atoms with E-state index in [1.807, 2.05) is 17.5 Å². The van der Waals surface area contributed by atoms with Crippen molar-refractivity contribution in [3.05, 3.63) is 29.5 Å². The van der Waals surface area contributed by atoms with E-state index >= 15 is 0 Å². The van der Waals surface area contributed by atoms with Gasteiger partial charge in [0.1, 0.15) is 0 Å². The van der Waals surface area contributed by atoms with E-state index in [-0.39, 0.29) is 0 Å². The van der Waals surface area contributed by atoms with Gasteiger partial charge < -0.3 is 9.15 Å². The molecule has 2 fully saturated rings. The lowest BCUT2D eigenvalue weighted by molar-refractivity contribution is 0.0683. The molecule has 0 spiro atoms. The van der Waals surface area contributed by atoms with Crippen LogP contribution in [0, 0.1) is 0 Å². The number of hydrogen-bond donors (Lipinski definition) is 0. The normalized spacial score (nSPS) is 21.2. The first-order valence-corrected chi connectivity index (χ1v) is 10.9. The van der Waals surface area contributed by atoms with Gasteiger partial charge in [-0.2, -0.15) is 17.0 Å². The summed E-state index contributed by atoms with van der Waals surface area (Å²) in [6, 6.07) is 3.75. The van der Waals surface area contributed by atoms with E-state index in [9.17, 15) is 8.42 Å². The predicted molar refractivity (Wildman–Crippen MR) is 98.0 cm³/mol. The zero-order valence-corrected chi connectivity index (χ0v) is 16.0. The van der Waals surface area contributed by atoms with Gasteiger partial charge in [0, 0.05) is 51.2 Å². The lowest BCUT2D eigenvalue weighted by Gasteiger charge is -2.37. The monoisotopic (exact) mass is 398 g/mol. The van der Waals surface area contributed by atoms with Crippen molar-refractivity contribution in [1.82, 2.24) is 18.5 Å². The van der Waals surface area contributed by atoms with Crippen LogP contribution in [0.25, 0.3) is 10.8 Å². The molecule has 0 atom stereocenters. The van der Waals surface area contributed by atoms with Crippen LogP contribution in [-0.2, 0) is 21.5 Å². The quantitative estimate of drug-likeness (QED) is 0.750. The molecule has 0 amide bonds. The highest BCUT2D eigenvalue weighted by atomic mass is 32.2. The molecule has 0 saturated carbocycles. The van der Waals surface area contributed by atoms with Gasteiger partial charge in [-0.3, -0.25) is 4.90 Å². The molecule has 142 valence electrons. The van der Waals surface area contributed by atoms with Crippen molar-refractivity contribution >= 4 is 21.5 Å². The summed E-state index contributed by atoms with van der Waals surface area (Å²) in [5.74, 6) is 0.780. The second-order valence-corrected chi connectivity index (χ2v) is 9.10. The number of hydrogen-bond acceptors (Lipinski definition) is 7. The van der Waals surface area contributed by atoms with Crippen molar-refractivity contribution in [1.29, 1.82) is 0 Å². The van der Waals surface area contributed by atoms with Crippen LogP contribution >= 0.6 is 11.3 Å². The lowest BCUT2D eigenvalue weighted by Crippen LogP contribution is -2.54. The van der Waals surface area contributed by atoms with Crippen LogP contribution in [0.2, 0.25) is 0 Å². The molecule has 2 aliphatic rings. The second kappa shape index (κ2) is 7.75. The van der Waals surface area contributed by atoms with Crippen LogP contribution in [0.15, 0.2) is 28.2 Å². The molecule has 4 rings (SSSR count). The van der Waals surface area contributed by atoms with Crippen LogP contribution in [0.3, 0.4) is 0 Å². The number of morpholine rings is 1. The molecule has 2 aromatic rings. The van der Waals surface area contributed by atoms with E-state index in [1.54, 1.807) is 21.9 Å². The SMILES string of the molecule is O=S(=O)(N1CCOCC1)N1CCN(Cc2csc(-c3ccco3)n2)CC1. The van der Waals surface area contributed by atoms with Crippen LogP contribution in [-0.4, -0.2) is 79.4 Å². The Morgan fingerprint density at radius 3 is 2.50 bits per heavy atom. The summed E-state index contributed by atoms with van der Waals surface area (Å²) in [6.45, 7) is 4.98. The second-order valence-electron chi connectivity index (χ2n) is 6.32. The summed E-state index contributed by atoms with van der Waals surface area (Å²) in [7, 11) is -3.37. The topological polar surface area (TPSA) is 79.1 Å². The van der Waals surface area contributed by atoms with Crippen molar-refractivity contribution in [3.63, 3.8) is 0 Å². The van der Waals surface area contributed by atoms with Gasteiger partial charge in [0.25, 0.3) is 10.2 Å². The van der Waals surface area contributed by atoms with Crippen molar-refractivity contribution in [3.8, 4) is 10.8 Å². The fourth-order valence-electron chi connectivity index (χ4n) is 3.18. The molecule has 8 nitrogen and oxygen atoms in total. The first-order valence-electron chi connectivity index (χ1n) is 8.66. The van der Waals surface area contributed by atoms with Gasteiger partial charge in [-0.15, -0.1) is 11.3 Å². The Bertz CT molecular complexity index is 807. The zero-order chi connectivity index (χ0) is 18.0. The number of ether oxygens (including phenoxy) is 1. The molecule has 26 heavy (non-hydrogen) atoms. The summed E-state index contributed by atoms with van der Waals surface area (Å²) in [4.78, 5) is 6.86. The highest BCUT2D eigenvalue weighted by Crippen LogP contribution is 2.25. The molecule has 0 N–H and O–H groups in total. The average molecular weight is 399 g/mol. The fourth-order valence-corrected chi connectivity index (χ4v) is 5.52. The minimum Gasteiger partial charge on any atom is -0.462 e. The molecule has 0 bridgehead atoms. The third-order valence-electron chi connectivity index (χ3n) is 4.62. The first kappa shape index (κ1) is 18.1. The summed E-state index contributed by atoms with van der Waals surface area (Å²) >= 11 is 1.56. The lowest BCUT2D eigenvalue weighted by atomic mass is 10.3. The maximum atomic E-state index is 12.7. The molecule has 10 heteroatoms. The van der Waals surface area contributed by atoms with Crippen LogP contribution in [0.5, 0.6) is 0 Å². The Hall–Kier alpha value is -1.30. The Labute approximate surface area is 157 Å². The van der Waals surface area contributed by atoms with Crippen molar-refractivity contribution in [2.45, 2.75) is 6.54 Å². The molecule has 2 saturated heterocycles. The first-order chi connectivity index (χ1) is 12.6. The van der Waals surface area contributed by atoms with Crippen LogP contribution in [0.1, 0.15) is 5.69 Å². The molecular weight excluding hydrogens is 376 g/mol. The van der Waals surface area contributed by atoms with Crippen molar-refractivity contribution in [2.75, 3.05) is 52.5 Å². The Morgan fingerprint density at radius 2 is 1.81 bits per heavy atom. The van der Waals surface area contributed by atoms with E-state index in [2.05, 4.69) is 9.88 Å². The number of aromatic nitrogens is 1. The number of thiazole rings is 1. The number of rotatable bonds is 5. The van der Waals surface area contributed by atoms with Crippen molar-refractivity contribution < 1.29 is 17.6 Å². The average Bonchev–Trinajstić information content (AvgIpc) is 3.34. The molecular formula is C16H22N4O4S2. The van der Waals surface area contributed by atoms with Gasteiger partial charge in [0.05, 0.1) is 25.2 Å². The summed E-state index contributed by atoms with van der Waals surface area (Å²) in [6.07, 6.45) is 1.64. The third-order valence-corrected chi connectivity index (χ3v) is 7.56. The maximum Gasteiger partial charge on any atom is 0.282 e. The predicted octanol–water partition coefficient (Wildman–Crippen LogP) is 1.10. The Kier molecular flexibility index (Phi) is 5.39. The van der Waals surface area contributed by atoms with Crippen molar-refractivity contribution in [2.24, 2.45) is 0 Å². The Morgan fingerprint density at radius 1 is 1.08 bits per heavy atom. The van der Waals surface area contributed by atoms with Gasteiger partial charge >= 0.3 is 0 Å². The summed E-state index contributed by atoms with van der Waals surface area (Å²) in [5.41, 5.74) is 0.992. The highest BCUT2D eigenvalue weighted by molar-refractivity contribution is 7.86. The smallest absolute Gasteiger partial charge is 0.282 e. The van der Waals surface area contributed by atoms with Gasteiger partial charge in [0.15, 0.2) is 10.8 Å². The van der Waals surface area contributed by atoms with Crippen LogP contribution in [0.4, 0.5) is 0 Å². The van der Waals surface area contributed by atoms with Gasteiger partial charge in [-0.05, 0) is 12.1 Å². The molecule has 0 unspecified atom stereocenters. The van der Waals surface area contributed by atoms with E-state index in [0.29, 0.717) is 52.5 Å². The Balaban J connectivity index is 1.32. The van der Waals surface area contributed by atoms with E-state index < -0.39 is 10.2 Å². The van der Waals surface area contributed by atoms with E-state index in [4.69, 9.17) is 9.15 Å². The number of nitrogens with zero attached hydrogens (tertiary/aromatic N) is 4. The van der Waals surface area contributed by atoms with E-state index in [0.717, 1.165) is 23.0 Å². The molecule has 0 aliphatic carbocycles.